The zero-order valence-corrected chi connectivity index (χ0v) is 8.63. The monoisotopic (exact) mass is 194 g/mol. The number of methoxy groups -OCH3 is 1. The molecule has 3 nitrogen and oxygen atoms in total. The Labute approximate surface area is 83.3 Å². The molecule has 14 heavy (non-hydrogen) atoms. The summed E-state index contributed by atoms with van der Waals surface area (Å²) in [5.41, 5.74) is 1.46. The van der Waals surface area contributed by atoms with Gasteiger partial charge < -0.3 is 9.84 Å². The summed E-state index contributed by atoms with van der Waals surface area (Å²) in [4.78, 5) is 11.3. The van der Waals surface area contributed by atoms with Gasteiger partial charge in [0, 0.05) is 5.56 Å². The molecule has 0 spiro atoms. The van der Waals surface area contributed by atoms with Crippen LogP contribution in [0.2, 0.25) is 0 Å². The molecule has 3 heteroatoms. The zero-order chi connectivity index (χ0) is 10.7. The van der Waals surface area contributed by atoms with Crippen molar-refractivity contribution < 1.29 is 14.6 Å². The van der Waals surface area contributed by atoms with Crippen LogP contribution in [-0.2, 0) is 6.42 Å². The van der Waals surface area contributed by atoms with Crippen molar-refractivity contribution in [2.24, 2.45) is 0 Å². The van der Waals surface area contributed by atoms with Crippen molar-refractivity contribution in [2.45, 2.75) is 20.3 Å². The largest absolute Gasteiger partial charge is 0.504 e. The molecular formula is C11H14O3. The summed E-state index contributed by atoms with van der Waals surface area (Å²) >= 11 is 0. The van der Waals surface area contributed by atoms with E-state index in [4.69, 9.17) is 4.74 Å². The summed E-state index contributed by atoms with van der Waals surface area (Å²) < 4.78 is 4.93. The highest BCUT2D eigenvalue weighted by molar-refractivity contribution is 5.96. The summed E-state index contributed by atoms with van der Waals surface area (Å²) in [6.07, 6.45) is 0.715. The number of phenols is 1. The summed E-state index contributed by atoms with van der Waals surface area (Å²) in [7, 11) is 1.46. The highest BCUT2D eigenvalue weighted by atomic mass is 16.5. The van der Waals surface area contributed by atoms with Crippen LogP contribution in [-0.4, -0.2) is 18.0 Å². The van der Waals surface area contributed by atoms with Gasteiger partial charge in [0.2, 0.25) is 0 Å². The molecule has 0 fully saturated rings. The van der Waals surface area contributed by atoms with E-state index in [1.165, 1.54) is 14.0 Å². The first-order chi connectivity index (χ1) is 6.60. The van der Waals surface area contributed by atoms with Gasteiger partial charge in [0.15, 0.2) is 17.3 Å². The summed E-state index contributed by atoms with van der Waals surface area (Å²) in [6, 6.07) is 3.16. The van der Waals surface area contributed by atoms with Crippen LogP contribution in [0, 0.1) is 0 Å². The molecule has 0 aliphatic carbocycles. The Morgan fingerprint density at radius 2 is 2.14 bits per heavy atom. The Morgan fingerprint density at radius 1 is 1.50 bits per heavy atom. The zero-order valence-electron chi connectivity index (χ0n) is 8.63. The van der Waals surface area contributed by atoms with Crippen LogP contribution in [0.1, 0.15) is 29.8 Å². The maximum Gasteiger partial charge on any atom is 0.161 e. The number of ketones is 1. The van der Waals surface area contributed by atoms with E-state index in [2.05, 4.69) is 0 Å². The number of aromatic hydroxyl groups is 1. The van der Waals surface area contributed by atoms with E-state index in [1.807, 2.05) is 6.92 Å². The van der Waals surface area contributed by atoms with Gasteiger partial charge in [-0.25, -0.2) is 0 Å². The fourth-order valence-corrected chi connectivity index (χ4v) is 1.40. The number of hydrogen-bond donors (Lipinski definition) is 1. The van der Waals surface area contributed by atoms with Gasteiger partial charge in [-0.15, -0.1) is 0 Å². The molecule has 0 heterocycles. The quantitative estimate of drug-likeness (QED) is 0.750. The topological polar surface area (TPSA) is 46.5 Å². The molecule has 0 aliphatic heterocycles. The average Bonchev–Trinajstić information content (AvgIpc) is 2.16. The highest BCUT2D eigenvalue weighted by Gasteiger charge is 2.11. The lowest BCUT2D eigenvalue weighted by Gasteiger charge is -2.09. The Morgan fingerprint density at radius 3 is 2.57 bits per heavy atom. The molecule has 1 rings (SSSR count). The molecule has 0 unspecified atom stereocenters. The van der Waals surface area contributed by atoms with Crippen LogP contribution in [0.5, 0.6) is 11.5 Å². The standard InChI is InChI=1S/C11H14O3/c1-4-8-5-10(13)11(14-3)6-9(8)7(2)12/h5-6,13H,4H2,1-3H3. The van der Waals surface area contributed by atoms with Crippen LogP contribution in [0.3, 0.4) is 0 Å². The molecule has 0 aromatic heterocycles. The second-order valence-electron chi connectivity index (χ2n) is 3.09. The van der Waals surface area contributed by atoms with Crippen LogP contribution in [0.25, 0.3) is 0 Å². The molecule has 0 bridgehead atoms. The van der Waals surface area contributed by atoms with Gasteiger partial charge in [0.05, 0.1) is 7.11 Å². The van der Waals surface area contributed by atoms with E-state index in [0.717, 1.165) is 5.56 Å². The van der Waals surface area contributed by atoms with Crippen molar-refractivity contribution in [3.8, 4) is 11.5 Å². The molecule has 0 saturated heterocycles. The third-order valence-corrected chi connectivity index (χ3v) is 2.16. The van der Waals surface area contributed by atoms with E-state index < -0.39 is 0 Å². The predicted molar refractivity (Wildman–Crippen MR) is 54.0 cm³/mol. The van der Waals surface area contributed by atoms with Gasteiger partial charge in [-0.2, -0.15) is 0 Å². The number of carbonyl (C=O) groups is 1. The summed E-state index contributed by atoms with van der Waals surface area (Å²) in [5, 5.41) is 9.49. The first kappa shape index (κ1) is 10.6. The van der Waals surface area contributed by atoms with E-state index in [9.17, 15) is 9.90 Å². The summed E-state index contributed by atoms with van der Waals surface area (Å²) in [5.74, 6) is 0.405. The van der Waals surface area contributed by atoms with Crippen LogP contribution < -0.4 is 4.74 Å². The maximum atomic E-state index is 11.3. The third-order valence-electron chi connectivity index (χ3n) is 2.16. The molecule has 0 amide bonds. The molecule has 0 aliphatic rings. The molecule has 0 atom stereocenters. The van der Waals surface area contributed by atoms with Crippen molar-refractivity contribution in [1.29, 1.82) is 0 Å². The van der Waals surface area contributed by atoms with Crippen molar-refractivity contribution in [3.63, 3.8) is 0 Å². The Hall–Kier alpha value is -1.51. The van der Waals surface area contributed by atoms with Crippen LogP contribution in [0.4, 0.5) is 0 Å². The predicted octanol–water partition coefficient (Wildman–Crippen LogP) is 2.17. The number of Topliss-reactive ketones (excluding diaryl/α,β-unsaturated/α-hetero) is 1. The van der Waals surface area contributed by atoms with E-state index in [-0.39, 0.29) is 11.5 Å². The van der Waals surface area contributed by atoms with Gasteiger partial charge in [0.1, 0.15) is 0 Å². The molecule has 0 saturated carbocycles. The first-order valence-electron chi connectivity index (χ1n) is 4.51. The minimum absolute atomic E-state index is 0.0137. The third kappa shape index (κ3) is 1.87. The minimum atomic E-state index is -0.0137. The maximum absolute atomic E-state index is 11.3. The van der Waals surface area contributed by atoms with E-state index >= 15 is 0 Å². The molecule has 1 N–H and O–H groups in total. The molecular weight excluding hydrogens is 180 g/mol. The number of ether oxygens (including phenoxy) is 1. The molecule has 1 aromatic rings. The normalized spacial score (nSPS) is 9.93. The van der Waals surface area contributed by atoms with Crippen molar-refractivity contribution in [2.75, 3.05) is 7.11 Å². The number of phenolic OH excluding ortho intramolecular Hbond substituents is 1. The Bertz CT molecular complexity index is 356. The van der Waals surface area contributed by atoms with Gasteiger partial charge in [-0.1, -0.05) is 6.92 Å². The van der Waals surface area contributed by atoms with E-state index in [0.29, 0.717) is 17.7 Å². The van der Waals surface area contributed by atoms with Crippen molar-refractivity contribution in [1.82, 2.24) is 0 Å². The number of hydrogen-bond acceptors (Lipinski definition) is 3. The number of benzene rings is 1. The van der Waals surface area contributed by atoms with Gasteiger partial charge in [0.25, 0.3) is 0 Å². The Balaban J connectivity index is 3.32. The fraction of sp³-hybridized carbons (Fsp3) is 0.364. The fourth-order valence-electron chi connectivity index (χ4n) is 1.40. The second kappa shape index (κ2) is 4.13. The van der Waals surface area contributed by atoms with E-state index in [1.54, 1.807) is 12.1 Å². The van der Waals surface area contributed by atoms with Crippen molar-refractivity contribution in [3.05, 3.63) is 23.3 Å². The average molecular weight is 194 g/mol. The second-order valence-corrected chi connectivity index (χ2v) is 3.09. The van der Waals surface area contributed by atoms with Gasteiger partial charge in [-0.3, -0.25) is 4.79 Å². The lowest BCUT2D eigenvalue weighted by atomic mass is 10.0. The summed E-state index contributed by atoms with van der Waals surface area (Å²) in [6.45, 7) is 3.44. The lowest BCUT2D eigenvalue weighted by molar-refractivity contribution is 0.101. The lowest BCUT2D eigenvalue weighted by Crippen LogP contribution is -1.99. The van der Waals surface area contributed by atoms with Crippen molar-refractivity contribution >= 4 is 5.78 Å². The molecule has 0 radical (unpaired) electrons. The molecule has 76 valence electrons. The number of rotatable bonds is 3. The minimum Gasteiger partial charge on any atom is -0.504 e. The van der Waals surface area contributed by atoms with Crippen LogP contribution >= 0.6 is 0 Å². The number of aryl methyl sites for hydroxylation is 1. The first-order valence-corrected chi connectivity index (χ1v) is 4.51. The molecule has 1 aromatic carbocycles. The SMILES string of the molecule is CCc1cc(O)c(OC)cc1C(C)=O. The van der Waals surface area contributed by atoms with Gasteiger partial charge in [-0.05, 0) is 31.0 Å². The Kier molecular flexibility index (Phi) is 3.12. The van der Waals surface area contributed by atoms with Crippen LogP contribution in [0.15, 0.2) is 12.1 Å². The smallest absolute Gasteiger partial charge is 0.161 e. The number of carbonyl (C=O) groups excluding carboxylic acids is 1. The van der Waals surface area contributed by atoms with Gasteiger partial charge >= 0.3 is 0 Å². The highest BCUT2D eigenvalue weighted by Crippen LogP contribution is 2.29.